The summed E-state index contributed by atoms with van der Waals surface area (Å²) in [5, 5.41) is 0.219. The molecule has 0 aliphatic carbocycles. The zero-order valence-corrected chi connectivity index (χ0v) is 14.3. The fraction of sp³-hybridized carbons (Fsp3) is 0.150. The number of allylic oxidation sites excluding steroid dienone is 1. The lowest BCUT2D eigenvalue weighted by atomic mass is 10.1. The molecule has 4 nitrogen and oxygen atoms in total. The van der Waals surface area contributed by atoms with Crippen LogP contribution in [-0.4, -0.2) is 15.3 Å². The Morgan fingerprint density at radius 1 is 1.19 bits per heavy atom. The summed E-state index contributed by atoms with van der Waals surface area (Å²) in [4.78, 5) is 28.5. The number of aryl methyl sites for hydroxylation is 1. The normalized spacial score (nSPS) is 11.4. The minimum Gasteiger partial charge on any atom is -0.295 e. The third kappa shape index (κ3) is 3.31. The van der Waals surface area contributed by atoms with Crippen LogP contribution in [0.4, 0.5) is 8.78 Å². The molecule has 1 heterocycles. The van der Waals surface area contributed by atoms with E-state index in [-0.39, 0.29) is 27.8 Å². The van der Waals surface area contributed by atoms with Gasteiger partial charge in [-0.1, -0.05) is 6.92 Å². The van der Waals surface area contributed by atoms with Crippen LogP contribution in [0.2, 0.25) is 0 Å². The predicted molar refractivity (Wildman–Crippen MR) is 96.3 cm³/mol. The summed E-state index contributed by atoms with van der Waals surface area (Å²) in [7, 11) is 0. The van der Waals surface area contributed by atoms with Gasteiger partial charge >= 0.3 is 0 Å². The number of carbonyl (C=O) groups is 1. The van der Waals surface area contributed by atoms with E-state index in [0.717, 1.165) is 0 Å². The molecule has 2 aromatic carbocycles. The van der Waals surface area contributed by atoms with E-state index in [4.69, 9.17) is 0 Å². The van der Waals surface area contributed by atoms with E-state index in [1.54, 1.807) is 0 Å². The largest absolute Gasteiger partial charge is 0.295 e. The van der Waals surface area contributed by atoms with Crippen LogP contribution in [0, 0.1) is 11.6 Å². The van der Waals surface area contributed by atoms with Crippen LogP contribution in [-0.2, 0) is 11.2 Å². The van der Waals surface area contributed by atoms with Gasteiger partial charge in [-0.15, -0.1) is 0 Å². The Morgan fingerprint density at radius 3 is 2.50 bits per heavy atom. The minimum atomic E-state index is -0.566. The molecule has 0 bridgehead atoms. The zero-order chi connectivity index (χ0) is 18.8. The van der Waals surface area contributed by atoms with Crippen molar-refractivity contribution in [1.29, 1.82) is 0 Å². The number of rotatable bonds is 4. The molecule has 3 aromatic rings. The van der Waals surface area contributed by atoms with E-state index < -0.39 is 11.6 Å². The monoisotopic (exact) mass is 354 g/mol. The van der Waals surface area contributed by atoms with Crippen molar-refractivity contribution in [2.75, 3.05) is 0 Å². The van der Waals surface area contributed by atoms with Gasteiger partial charge in [0.25, 0.3) is 5.56 Å². The van der Waals surface area contributed by atoms with Crippen molar-refractivity contribution in [1.82, 2.24) is 9.55 Å². The fourth-order valence-corrected chi connectivity index (χ4v) is 2.70. The van der Waals surface area contributed by atoms with Crippen molar-refractivity contribution < 1.29 is 13.6 Å². The van der Waals surface area contributed by atoms with Crippen LogP contribution < -0.4 is 5.56 Å². The molecule has 3 rings (SSSR count). The van der Waals surface area contributed by atoms with Crippen LogP contribution >= 0.6 is 0 Å². The minimum absolute atomic E-state index is 0.126. The number of hydrogen-bond acceptors (Lipinski definition) is 3. The molecule has 0 unspecified atom stereocenters. The molecule has 0 saturated carbocycles. The molecule has 0 saturated heterocycles. The molecule has 1 aromatic heterocycles. The highest BCUT2D eigenvalue weighted by Gasteiger charge is 2.14. The number of halogens is 2. The van der Waals surface area contributed by atoms with Crippen LogP contribution in [0.3, 0.4) is 0 Å². The van der Waals surface area contributed by atoms with Crippen LogP contribution in [0.5, 0.6) is 0 Å². The highest BCUT2D eigenvalue weighted by molar-refractivity contribution is 5.92. The van der Waals surface area contributed by atoms with E-state index >= 15 is 0 Å². The molecule has 0 aliphatic rings. The van der Waals surface area contributed by atoms with Gasteiger partial charge in [-0.3, -0.25) is 14.2 Å². The summed E-state index contributed by atoms with van der Waals surface area (Å²) in [6.07, 6.45) is 3.00. The van der Waals surface area contributed by atoms with E-state index in [0.29, 0.717) is 17.9 Å². The molecule has 0 N–H and O–H groups in total. The Labute approximate surface area is 148 Å². The first-order chi connectivity index (χ1) is 12.4. The molecule has 0 radical (unpaired) electrons. The second-order valence-electron chi connectivity index (χ2n) is 5.83. The number of nitrogens with zero attached hydrogens (tertiary/aromatic N) is 2. The van der Waals surface area contributed by atoms with Gasteiger partial charge in [0.1, 0.15) is 17.5 Å². The average molecular weight is 354 g/mol. The second-order valence-corrected chi connectivity index (χ2v) is 5.83. The van der Waals surface area contributed by atoms with Gasteiger partial charge in [-0.05, 0) is 49.4 Å². The molecule has 132 valence electrons. The lowest BCUT2D eigenvalue weighted by Gasteiger charge is -2.13. The van der Waals surface area contributed by atoms with E-state index in [2.05, 4.69) is 4.98 Å². The van der Waals surface area contributed by atoms with Crippen molar-refractivity contribution in [3.63, 3.8) is 0 Å². The molecular weight excluding hydrogens is 338 g/mol. The van der Waals surface area contributed by atoms with Gasteiger partial charge < -0.3 is 0 Å². The molecule has 26 heavy (non-hydrogen) atoms. The Bertz CT molecular complexity index is 1080. The lowest BCUT2D eigenvalue weighted by Crippen LogP contribution is -2.23. The predicted octanol–water partition coefficient (Wildman–Crippen LogP) is 3.83. The molecule has 0 aliphatic heterocycles. The summed E-state index contributed by atoms with van der Waals surface area (Å²) in [6, 6.07) is 8.06. The summed E-state index contributed by atoms with van der Waals surface area (Å²) in [6.45, 7) is 3.18. The van der Waals surface area contributed by atoms with Gasteiger partial charge in [0.15, 0.2) is 5.78 Å². The number of ketones is 1. The summed E-state index contributed by atoms with van der Waals surface area (Å²) in [5.41, 5.74) is 0.466. The number of fused-ring (bicyclic) bond motifs is 1. The molecule has 0 atom stereocenters. The Morgan fingerprint density at radius 2 is 1.88 bits per heavy atom. The van der Waals surface area contributed by atoms with Gasteiger partial charge in [0, 0.05) is 18.1 Å². The summed E-state index contributed by atoms with van der Waals surface area (Å²) < 4.78 is 28.8. The first kappa shape index (κ1) is 17.7. The second kappa shape index (κ2) is 7.00. The smallest absolute Gasteiger partial charge is 0.265 e. The zero-order valence-electron chi connectivity index (χ0n) is 14.3. The van der Waals surface area contributed by atoms with E-state index in [1.165, 1.54) is 60.0 Å². The van der Waals surface area contributed by atoms with Crippen molar-refractivity contribution in [3.8, 4) is 5.69 Å². The fourth-order valence-electron chi connectivity index (χ4n) is 2.70. The maximum absolute atomic E-state index is 14.3. The van der Waals surface area contributed by atoms with E-state index in [1.807, 2.05) is 6.92 Å². The number of hydrogen-bond donors (Lipinski definition) is 0. The molecule has 0 amide bonds. The highest BCUT2D eigenvalue weighted by Crippen LogP contribution is 2.19. The van der Waals surface area contributed by atoms with Gasteiger partial charge in [0.2, 0.25) is 0 Å². The molecule has 6 heteroatoms. The topological polar surface area (TPSA) is 52.0 Å². The maximum atomic E-state index is 14.3. The third-order valence-electron chi connectivity index (χ3n) is 3.95. The third-order valence-corrected chi connectivity index (χ3v) is 3.95. The first-order valence-electron chi connectivity index (χ1n) is 8.10. The first-order valence-corrected chi connectivity index (χ1v) is 8.10. The Hall–Kier alpha value is -3.15. The maximum Gasteiger partial charge on any atom is 0.265 e. The van der Waals surface area contributed by atoms with Crippen LogP contribution in [0.15, 0.2) is 47.3 Å². The Balaban J connectivity index is 2.30. The summed E-state index contributed by atoms with van der Waals surface area (Å²) >= 11 is 0. The van der Waals surface area contributed by atoms with Gasteiger partial charge in [0.05, 0.1) is 16.6 Å². The van der Waals surface area contributed by atoms with Crippen LogP contribution in [0.1, 0.15) is 25.2 Å². The lowest BCUT2D eigenvalue weighted by molar-refractivity contribution is -0.112. The van der Waals surface area contributed by atoms with E-state index in [9.17, 15) is 18.4 Å². The molecule has 0 spiro atoms. The van der Waals surface area contributed by atoms with Crippen molar-refractivity contribution in [3.05, 3.63) is 75.9 Å². The van der Waals surface area contributed by atoms with Crippen molar-refractivity contribution >= 4 is 22.8 Å². The number of aromatic nitrogens is 2. The number of benzene rings is 2. The quantitative estimate of drug-likeness (QED) is 0.669. The van der Waals surface area contributed by atoms with Crippen molar-refractivity contribution in [2.24, 2.45) is 0 Å². The molecule has 0 fully saturated rings. The average Bonchev–Trinajstić information content (AvgIpc) is 2.61. The number of carbonyl (C=O) groups excluding carboxylic acids is 1. The van der Waals surface area contributed by atoms with Gasteiger partial charge in [-0.25, -0.2) is 13.8 Å². The SMILES string of the molecule is CCc1nc2cc(F)c(/C=C/C(C)=O)cc2c(=O)n1-c1ccc(F)cc1. The van der Waals surface area contributed by atoms with Crippen molar-refractivity contribution in [2.45, 2.75) is 20.3 Å². The molecular formula is C20H16F2N2O2. The van der Waals surface area contributed by atoms with Crippen LogP contribution in [0.25, 0.3) is 22.7 Å². The van der Waals surface area contributed by atoms with Gasteiger partial charge in [-0.2, -0.15) is 0 Å². The Kier molecular flexibility index (Phi) is 4.75. The standard InChI is InChI=1S/C20H16F2N2O2/c1-3-19-23-18-11-17(22)13(5-4-12(2)25)10-16(18)20(26)24(19)15-8-6-14(21)7-9-15/h4-11H,3H2,1-2H3/b5-4+. The summed E-state index contributed by atoms with van der Waals surface area (Å²) in [5.74, 6) is -0.760. The highest BCUT2D eigenvalue weighted by atomic mass is 19.1.